The molecule has 0 spiro atoms. The number of fused-ring (bicyclic) bond motifs is 1. The Labute approximate surface area is 118 Å². The maximum absolute atomic E-state index is 12.9. The predicted octanol–water partition coefficient (Wildman–Crippen LogP) is 3.53. The highest BCUT2D eigenvalue weighted by atomic mass is 32.2. The molecule has 1 aromatic carbocycles. The van der Waals surface area contributed by atoms with Crippen molar-refractivity contribution in [3.63, 3.8) is 0 Å². The van der Waals surface area contributed by atoms with Gasteiger partial charge in [-0.15, -0.1) is 8.78 Å². The van der Waals surface area contributed by atoms with Crippen LogP contribution >= 0.6 is 11.8 Å². The van der Waals surface area contributed by atoms with Crippen molar-refractivity contribution in [1.29, 1.82) is 0 Å². The minimum atomic E-state index is -3.60. The molecule has 1 fully saturated rings. The fraction of sp³-hybridized carbons (Fsp3) is 0.357. The Kier molecular flexibility index (Phi) is 3.20. The van der Waals surface area contributed by atoms with Crippen LogP contribution in [0.5, 0.6) is 11.5 Å². The fourth-order valence-corrected chi connectivity index (χ4v) is 3.34. The van der Waals surface area contributed by atoms with E-state index >= 15 is 0 Å². The number of ether oxygens (including phenoxy) is 2. The zero-order valence-electron chi connectivity index (χ0n) is 10.5. The van der Waals surface area contributed by atoms with Gasteiger partial charge in [-0.1, -0.05) is 30.0 Å². The molecular formula is C14H12F2O3S. The average Bonchev–Trinajstić information content (AvgIpc) is 2.67. The molecule has 0 saturated carbocycles. The summed E-state index contributed by atoms with van der Waals surface area (Å²) < 4.78 is 34.6. The van der Waals surface area contributed by atoms with Crippen LogP contribution in [0, 0.1) is 0 Å². The second-order valence-corrected chi connectivity index (χ2v) is 6.05. The molecular weight excluding hydrogens is 286 g/mol. The van der Waals surface area contributed by atoms with Gasteiger partial charge in [0.25, 0.3) is 0 Å². The Bertz CT molecular complexity index is 586. The highest BCUT2D eigenvalue weighted by Gasteiger charge is 2.43. The molecule has 20 heavy (non-hydrogen) atoms. The van der Waals surface area contributed by atoms with E-state index in [1.807, 2.05) is 0 Å². The molecule has 106 valence electrons. The van der Waals surface area contributed by atoms with Crippen molar-refractivity contribution in [1.82, 2.24) is 0 Å². The smallest absolute Gasteiger partial charge is 0.395 e. The maximum atomic E-state index is 12.9. The van der Waals surface area contributed by atoms with Gasteiger partial charge >= 0.3 is 6.29 Å². The van der Waals surface area contributed by atoms with E-state index in [1.165, 1.54) is 23.9 Å². The molecule has 1 saturated heterocycles. The summed E-state index contributed by atoms with van der Waals surface area (Å²) >= 11 is 1.26. The van der Waals surface area contributed by atoms with E-state index in [1.54, 1.807) is 6.07 Å². The second-order valence-electron chi connectivity index (χ2n) is 4.79. The van der Waals surface area contributed by atoms with Crippen LogP contribution in [0.2, 0.25) is 0 Å². The van der Waals surface area contributed by atoms with Crippen molar-refractivity contribution >= 4 is 16.9 Å². The molecule has 2 aliphatic rings. The zero-order chi connectivity index (χ0) is 14.3. The lowest BCUT2D eigenvalue weighted by Crippen LogP contribution is -2.25. The standard InChI is InChI=1S/C14H12F2O3S/c1-8-2-5-13(17)20-12(8)7-9-3-4-10-11(6-9)19-14(15,16)18-10/h3-4,6,12H,1-2,5,7H2. The number of alkyl halides is 2. The summed E-state index contributed by atoms with van der Waals surface area (Å²) in [4.78, 5) is 11.5. The Balaban J connectivity index is 1.76. The Morgan fingerprint density at radius 2 is 2.05 bits per heavy atom. The van der Waals surface area contributed by atoms with E-state index in [4.69, 9.17) is 0 Å². The first-order chi connectivity index (χ1) is 9.43. The summed E-state index contributed by atoms with van der Waals surface area (Å²) in [6.45, 7) is 3.97. The van der Waals surface area contributed by atoms with Crippen molar-refractivity contribution < 1.29 is 23.0 Å². The molecule has 1 aromatic rings. The lowest BCUT2D eigenvalue weighted by molar-refractivity contribution is -0.286. The van der Waals surface area contributed by atoms with Gasteiger partial charge in [0.2, 0.25) is 0 Å². The monoisotopic (exact) mass is 298 g/mol. The van der Waals surface area contributed by atoms with Gasteiger partial charge in [0.05, 0.1) is 0 Å². The third-order valence-electron chi connectivity index (χ3n) is 3.27. The minimum absolute atomic E-state index is 0.00266. The van der Waals surface area contributed by atoms with Crippen molar-refractivity contribution in [2.45, 2.75) is 30.8 Å². The third kappa shape index (κ3) is 2.65. The van der Waals surface area contributed by atoms with Crippen molar-refractivity contribution in [2.75, 3.05) is 0 Å². The molecule has 6 heteroatoms. The van der Waals surface area contributed by atoms with Crippen LogP contribution in [0.3, 0.4) is 0 Å². The number of carbonyl (C=O) groups excluding carboxylic acids is 1. The number of carbonyl (C=O) groups is 1. The summed E-state index contributed by atoms with van der Waals surface area (Å²) in [6.07, 6.45) is -1.82. The van der Waals surface area contributed by atoms with Gasteiger partial charge in [-0.25, -0.2) is 0 Å². The molecule has 2 heterocycles. The molecule has 0 radical (unpaired) electrons. The molecule has 0 aromatic heterocycles. The first kappa shape index (κ1) is 13.4. The quantitative estimate of drug-likeness (QED) is 0.783. The molecule has 3 nitrogen and oxygen atoms in total. The molecule has 0 aliphatic carbocycles. The van der Waals surface area contributed by atoms with E-state index in [0.29, 0.717) is 19.3 Å². The van der Waals surface area contributed by atoms with Gasteiger partial charge in [0.1, 0.15) is 0 Å². The summed E-state index contributed by atoms with van der Waals surface area (Å²) in [5.41, 5.74) is 1.83. The Morgan fingerprint density at radius 1 is 1.30 bits per heavy atom. The van der Waals surface area contributed by atoms with Crippen LogP contribution in [-0.2, 0) is 11.2 Å². The van der Waals surface area contributed by atoms with Crippen molar-refractivity contribution in [2.24, 2.45) is 0 Å². The van der Waals surface area contributed by atoms with Crippen LogP contribution in [0.1, 0.15) is 18.4 Å². The number of hydrogen-bond donors (Lipinski definition) is 0. The number of benzene rings is 1. The Morgan fingerprint density at radius 3 is 2.85 bits per heavy atom. The summed E-state index contributed by atoms with van der Waals surface area (Å²) in [5, 5.41) is 0.145. The van der Waals surface area contributed by atoms with Gasteiger partial charge < -0.3 is 9.47 Å². The average molecular weight is 298 g/mol. The number of rotatable bonds is 2. The normalized spacial score (nSPS) is 24.0. The molecule has 1 unspecified atom stereocenters. The van der Waals surface area contributed by atoms with Crippen molar-refractivity contribution in [3.8, 4) is 11.5 Å². The highest BCUT2D eigenvalue weighted by molar-refractivity contribution is 8.14. The van der Waals surface area contributed by atoms with Gasteiger partial charge in [-0.2, -0.15) is 0 Å². The lowest BCUT2D eigenvalue weighted by Gasteiger charge is -2.22. The highest BCUT2D eigenvalue weighted by Crippen LogP contribution is 2.42. The van der Waals surface area contributed by atoms with Gasteiger partial charge in [0.15, 0.2) is 16.6 Å². The summed E-state index contributed by atoms with van der Waals surface area (Å²) in [5.74, 6) is 0.0650. The molecule has 2 aliphatic heterocycles. The van der Waals surface area contributed by atoms with Gasteiger partial charge in [-0.05, 0) is 30.5 Å². The van der Waals surface area contributed by atoms with Gasteiger partial charge in [0, 0.05) is 11.7 Å². The number of halogens is 2. The number of thioether (sulfide) groups is 1. The zero-order valence-corrected chi connectivity index (χ0v) is 11.3. The predicted molar refractivity (Wildman–Crippen MR) is 71.1 cm³/mol. The lowest BCUT2D eigenvalue weighted by atomic mass is 10.0. The molecule has 0 bridgehead atoms. The van der Waals surface area contributed by atoms with Crippen LogP contribution in [-0.4, -0.2) is 16.7 Å². The molecule has 0 amide bonds. The van der Waals surface area contributed by atoms with E-state index in [9.17, 15) is 13.6 Å². The third-order valence-corrected chi connectivity index (χ3v) is 4.52. The van der Waals surface area contributed by atoms with E-state index in [2.05, 4.69) is 16.1 Å². The summed E-state index contributed by atoms with van der Waals surface area (Å²) in [6, 6.07) is 4.70. The van der Waals surface area contributed by atoms with E-state index in [-0.39, 0.29) is 21.9 Å². The maximum Gasteiger partial charge on any atom is 0.586 e. The van der Waals surface area contributed by atoms with Crippen LogP contribution < -0.4 is 9.47 Å². The minimum Gasteiger partial charge on any atom is -0.395 e. The SMILES string of the molecule is C=C1CCC(=O)SC1Cc1ccc2c(c1)OC(F)(F)O2. The molecule has 3 rings (SSSR count). The first-order valence-electron chi connectivity index (χ1n) is 6.19. The molecule has 1 atom stereocenters. The van der Waals surface area contributed by atoms with Crippen LogP contribution in [0.4, 0.5) is 8.78 Å². The molecule has 0 N–H and O–H groups in total. The first-order valence-corrected chi connectivity index (χ1v) is 7.07. The second kappa shape index (κ2) is 4.77. The largest absolute Gasteiger partial charge is 0.586 e. The fourth-order valence-electron chi connectivity index (χ4n) is 2.24. The van der Waals surface area contributed by atoms with E-state index < -0.39 is 6.29 Å². The van der Waals surface area contributed by atoms with Gasteiger partial charge in [-0.3, -0.25) is 4.79 Å². The topological polar surface area (TPSA) is 35.5 Å². The number of hydrogen-bond acceptors (Lipinski definition) is 4. The van der Waals surface area contributed by atoms with E-state index in [0.717, 1.165) is 11.1 Å². The van der Waals surface area contributed by atoms with Crippen LogP contribution in [0.25, 0.3) is 0 Å². The van der Waals surface area contributed by atoms with Crippen LogP contribution in [0.15, 0.2) is 30.4 Å². The Hall–Kier alpha value is -1.56. The van der Waals surface area contributed by atoms with Crippen molar-refractivity contribution in [3.05, 3.63) is 35.9 Å². The summed E-state index contributed by atoms with van der Waals surface area (Å²) in [7, 11) is 0.